The number of nitriles is 1. The number of methoxy groups -OCH3 is 1. The van der Waals surface area contributed by atoms with Crippen LogP contribution in [0.3, 0.4) is 0 Å². The maximum absolute atomic E-state index is 14.3. The summed E-state index contributed by atoms with van der Waals surface area (Å²) in [6.07, 6.45) is 4.88. The molecule has 10 heteroatoms. The zero-order valence-corrected chi connectivity index (χ0v) is 24.5. The summed E-state index contributed by atoms with van der Waals surface area (Å²) in [5, 5.41) is 24.9. The molecule has 2 atom stereocenters. The van der Waals surface area contributed by atoms with Gasteiger partial charge in [0, 0.05) is 17.7 Å². The topological polar surface area (TPSA) is 141 Å². The van der Waals surface area contributed by atoms with Gasteiger partial charge in [-0.3, -0.25) is 9.59 Å². The van der Waals surface area contributed by atoms with Gasteiger partial charge >= 0.3 is 6.09 Å². The number of benzene rings is 3. The van der Waals surface area contributed by atoms with E-state index in [0.717, 1.165) is 4.90 Å². The zero-order chi connectivity index (χ0) is 31.6. The third-order valence-electron chi connectivity index (χ3n) is 6.22. The molecule has 3 rings (SSSR count). The van der Waals surface area contributed by atoms with E-state index in [-0.39, 0.29) is 12.2 Å². The van der Waals surface area contributed by atoms with Crippen molar-refractivity contribution in [2.75, 3.05) is 19.0 Å². The lowest BCUT2D eigenvalue weighted by molar-refractivity contribution is -0.140. The van der Waals surface area contributed by atoms with Crippen LogP contribution in [0.25, 0.3) is 0 Å². The molecule has 3 aromatic rings. The normalized spacial score (nSPS) is 12.0. The molecule has 0 radical (unpaired) electrons. The van der Waals surface area contributed by atoms with E-state index in [1.807, 2.05) is 6.07 Å². The van der Waals surface area contributed by atoms with Gasteiger partial charge < -0.3 is 30.1 Å². The Hall–Kier alpha value is -5.48. The molecule has 0 spiro atoms. The molecule has 3 N–H and O–H groups in total. The van der Waals surface area contributed by atoms with Crippen molar-refractivity contribution in [1.82, 2.24) is 10.2 Å². The number of anilines is 1. The number of hydrogen-bond donors (Lipinski definition) is 3. The number of carbonyl (C=O) groups excluding carboxylic acids is 3. The third-order valence-corrected chi connectivity index (χ3v) is 6.22. The van der Waals surface area contributed by atoms with E-state index in [1.165, 1.54) is 19.2 Å². The Labute approximate surface area is 251 Å². The first-order valence-corrected chi connectivity index (χ1v) is 13.4. The lowest BCUT2D eigenvalue weighted by atomic mass is 9.96. The van der Waals surface area contributed by atoms with E-state index >= 15 is 0 Å². The second-order valence-electron chi connectivity index (χ2n) is 10.5. The molecule has 0 saturated heterocycles. The second kappa shape index (κ2) is 14.4. The fourth-order valence-electron chi connectivity index (χ4n) is 4.29. The molecule has 0 aliphatic carbocycles. The van der Waals surface area contributed by atoms with Crippen LogP contribution >= 0.6 is 0 Å². The predicted molar refractivity (Wildman–Crippen MR) is 161 cm³/mol. The van der Waals surface area contributed by atoms with E-state index in [4.69, 9.17) is 15.9 Å². The van der Waals surface area contributed by atoms with Crippen molar-refractivity contribution in [1.29, 1.82) is 5.26 Å². The Balaban J connectivity index is 2.08. The molecule has 0 saturated carbocycles. The SMILES string of the molecule is C#Cc1ccccc1C(C(=O)Nc1ccc(OC)cc1)N(CC#N)C(=O)C(Cc1ccc(O)cc1)NC(=O)OC(C)(C)C. The van der Waals surface area contributed by atoms with E-state index < -0.39 is 42.1 Å². The maximum atomic E-state index is 14.3. The van der Waals surface area contributed by atoms with Crippen molar-refractivity contribution < 1.29 is 29.0 Å². The number of phenols is 1. The summed E-state index contributed by atoms with van der Waals surface area (Å²) < 4.78 is 10.6. The minimum atomic E-state index is -1.34. The van der Waals surface area contributed by atoms with E-state index in [1.54, 1.807) is 81.4 Å². The number of ether oxygens (including phenoxy) is 2. The Bertz CT molecular complexity index is 1520. The highest BCUT2D eigenvalue weighted by Gasteiger charge is 2.37. The minimum absolute atomic E-state index is 0.0239. The Kier molecular flexibility index (Phi) is 10.7. The predicted octanol–water partition coefficient (Wildman–Crippen LogP) is 4.55. The highest BCUT2D eigenvalue weighted by molar-refractivity contribution is 5.99. The third kappa shape index (κ3) is 9.00. The summed E-state index contributed by atoms with van der Waals surface area (Å²) in [6, 6.07) is 18.7. The Morgan fingerprint density at radius 2 is 1.67 bits per heavy atom. The molecule has 0 heterocycles. The van der Waals surface area contributed by atoms with Gasteiger partial charge in [0.1, 0.15) is 35.7 Å². The first-order chi connectivity index (χ1) is 20.4. The van der Waals surface area contributed by atoms with Gasteiger partial charge in [-0.1, -0.05) is 36.3 Å². The molecular weight excluding hydrogens is 548 g/mol. The van der Waals surface area contributed by atoms with Gasteiger partial charge in [0.2, 0.25) is 5.91 Å². The molecule has 0 aliphatic heterocycles. The molecule has 3 aromatic carbocycles. The van der Waals surface area contributed by atoms with Crippen LogP contribution in [0.5, 0.6) is 11.5 Å². The lowest BCUT2D eigenvalue weighted by Gasteiger charge is -2.33. The standard InChI is InChI=1S/C33H34N4O6/c1-6-23-9-7-8-10-27(23)29(30(39)35-24-13-17-26(42-5)18-14-24)37(20-19-34)31(40)28(36-32(41)43-33(2,3)4)21-22-11-15-25(38)16-12-22/h1,7-18,28-29,38H,20-21H2,2-5H3,(H,35,39)(H,36,41). The number of terminal acetylenes is 1. The van der Waals surface area contributed by atoms with Crippen LogP contribution in [-0.2, 0) is 20.7 Å². The monoisotopic (exact) mass is 582 g/mol. The van der Waals surface area contributed by atoms with Gasteiger partial charge in [0.25, 0.3) is 5.91 Å². The van der Waals surface area contributed by atoms with Gasteiger partial charge in [-0.15, -0.1) is 6.42 Å². The average Bonchev–Trinajstić information content (AvgIpc) is 2.97. The van der Waals surface area contributed by atoms with Crippen molar-refractivity contribution in [3.05, 3.63) is 89.5 Å². The lowest BCUT2D eigenvalue weighted by Crippen LogP contribution is -2.53. The van der Waals surface area contributed by atoms with Crippen LogP contribution < -0.4 is 15.4 Å². The van der Waals surface area contributed by atoms with Crippen molar-refractivity contribution in [2.45, 2.75) is 44.9 Å². The van der Waals surface area contributed by atoms with Gasteiger partial charge in [0.15, 0.2) is 0 Å². The zero-order valence-electron chi connectivity index (χ0n) is 24.5. The van der Waals surface area contributed by atoms with Crippen molar-refractivity contribution in [2.24, 2.45) is 0 Å². The van der Waals surface area contributed by atoms with Crippen molar-refractivity contribution in [3.63, 3.8) is 0 Å². The number of alkyl carbamates (subject to hydrolysis) is 1. The molecule has 43 heavy (non-hydrogen) atoms. The van der Waals surface area contributed by atoms with E-state index in [2.05, 4.69) is 16.6 Å². The molecule has 0 bridgehead atoms. The Morgan fingerprint density at radius 1 is 1.02 bits per heavy atom. The number of carbonyl (C=O) groups is 3. The van der Waals surface area contributed by atoms with Crippen LogP contribution in [0.1, 0.15) is 43.5 Å². The number of nitrogens with zero attached hydrogens (tertiary/aromatic N) is 2. The Morgan fingerprint density at radius 3 is 2.26 bits per heavy atom. The minimum Gasteiger partial charge on any atom is -0.508 e. The molecule has 3 amide bonds. The smallest absolute Gasteiger partial charge is 0.408 e. The summed E-state index contributed by atoms with van der Waals surface area (Å²) in [7, 11) is 1.52. The van der Waals surface area contributed by atoms with Gasteiger partial charge in [0.05, 0.1) is 13.2 Å². The quantitative estimate of drug-likeness (QED) is 0.235. The molecule has 0 fully saturated rings. The van der Waals surface area contributed by atoms with Gasteiger partial charge in [-0.2, -0.15) is 5.26 Å². The molecule has 0 aliphatic rings. The van der Waals surface area contributed by atoms with Gasteiger partial charge in [-0.25, -0.2) is 4.79 Å². The number of hydrogen-bond acceptors (Lipinski definition) is 7. The summed E-state index contributed by atoms with van der Waals surface area (Å²) in [4.78, 5) is 42.1. The van der Waals surface area contributed by atoms with Crippen molar-refractivity contribution >= 4 is 23.6 Å². The first-order valence-electron chi connectivity index (χ1n) is 13.4. The number of amides is 3. The highest BCUT2D eigenvalue weighted by atomic mass is 16.6. The largest absolute Gasteiger partial charge is 0.508 e. The maximum Gasteiger partial charge on any atom is 0.408 e. The van der Waals surface area contributed by atoms with Crippen LogP contribution in [-0.4, -0.2) is 53.2 Å². The fraction of sp³-hybridized carbons (Fsp3) is 0.273. The summed E-state index contributed by atoms with van der Waals surface area (Å²) in [5.74, 6) is 1.81. The second-order valence-corrected chi connectivity index (χ2v) is 10.5. The van der Waals surface area contributed by atoms with E-state index in [0.29, 0.717) is 28.1 Å². The highest BCUT2D eigenvalue weighted by Crippen LogP contribution is 2.28. The molecule has 222 valence electrons. The number of aromatic hydroxyl groups is 1. The van der Waals surface area contributed by atoms with Crippen LogP contribution in [0.2, 0.25) is 0 Å². The first kappa shape index (κ1) is 32.0. The van der Waals surface area contributed by atoms with Crippen molar-refractivity contribution in [3.8, 4) is 29.9 Å². The number of phenolic OH excluding ortho intramolecular Hbond substituents is 1. The fourth-order valence-corrected chi connectivity index (χ4v) is 4.29. The molecule has 0 aromatic heterocycles. The van der Waals surface area contributed by atoms with Gasteiger partial charge in [-0.05, 0) is 74.4 Å². The number of rotatable bonds is 10. The number of nitrogens with one attached hydrogen (secondary N) is 2. The van der Waals surface area contributed by atoms with Crippen LogP contribution in [0.15, 0.2) is 72.8 Å². The summed E-state index contributed by atoms with van der Waals surface area (Å²) in [5.41, 5.74) is 0.844. The molecule has 2 unspecified atom stereocenters. The van der Waals surface area contributed by atoms with Crippen LogP contribution in [0, 0.1) is 23.7 Å². The average molecular weight is 583 g/mol. The molecule has 10 nitrogen and oxygen atoms in total. The van der Waals surface area contributed by atoms with E-state index in [9.17, 15) is 24.8 Å². The summed E-state index contributed by atoms with van der Waals surface area (Å²) >= 11 is 0. The molecular formula is C33H34N4O6. The van der Waals surface area contributed by atoms with Crippen LogP contribution in [0.4, 0.5) is 10.5 Å². The summed E-state index contributed by atoms with van der Waals surface area (Å²) in [6.45, 7) is 4.55.